The fourth-order valence-corrected chi connectivity index (χ4v) is 2.32. The monoisotopic (exact) mass is 406 g/mol. The molecule has 0 radical (unpaired) electrons. The lowest BCUT2D eigenvalue weighted by molar-refractivity contribution is -0.160. The molecule has 1 atom stereocenters. The molecule has 0 aliphatic carbocycles. The molecule has 3 N–H and O–H groups in total. The molecular weight excluding hydrogens is 392 g/mol. The second kappa shape index (κ2) is 8.73. The molecule has 126 valence electrons. The molecule has 0 saturated heterocycles. The lowest BCUT2D eigenvalue weighted by Crippen LogP contribution is -2.46. The number of esters is 1. The predicted molar refractivity (Wildman–Crippen MR) is 87.1 cm³/mol. The molecule has 0 unspecified atom stereocenters. The number of hydrogen-bond donors (Lipinski definition) is 2. The number of rotatable bonds is 6. The van der Waals surface area contributed by atoms with Crippen LogP contribution in [0, 0.1) is 5.92 Å². The molecule has 0 fully saturated rings. The number of imide groups is 1. The molecule has 1 rings (SSSR count). The van der Waals surface area contributed by atoms with Crippen LogP contribution in [0.2, 0.25) is 5.02 Å². The van der Waals surface area contributed by atoms with Crippen LogP contribution in [0.25, 0.3) is 0 Å². The molecule has 7 nitrogen and oxygen atoms in total. The Hall–Kier alpha value is -1.80. The van der Waals surface area contributed by atoms with Crippen LogP contribution in [0.1, 0.15) is 13.8 Å². The number of carbonyl (C=O) groups excluding carboxylic acids is 3. The summed E-state index contributed by atoms with van der Waals surface area (Å²) < 4.78 is 11.0. The summed E-state index contributed by atoms with van der Waals surface area (Å²) in [7, 11) is 0. The zero-order chi connectivity index (χ0) is 17.6. The molecule has 0 bridgehead atoms. The van der Waals surface area contributed by atoms with Gasteiger partial charge in [-0.25, -0.2) is 9.59 Å². The summed E-state index contributed by atoms with van der Waals surface area (Å²) in [6.45, 7) is 2.88. The van der Waals surface area contributed by atoms with Crippen LogP contribution in [0.15, 0.2) is 22.7 Å². The van der Waals surface area contributed by atoms with E-state index >= 15 is 0 Å². The highest BCUT2D eigenvalue weighted by molar-refractivity contribution is 9.10. The minimum atomic E-state index is -1.15. The summed E-state index contributed by atoms with van der Waals surface area (Å²) in [5.74, 6) is -1.62. The average Bonchev–Trinajstić information content (AvgIpc) is 2.42. The Balaban J connectivity index is 2.62. The standard InChI is InChI=1S/C14H16BrClN2O5/c1-7(2)12(13(20)18-14(17)21)23-11(19)6-22-10-4-3-8(15)5-9(10)16/h3-5,7,12H,6H2,1-2H3,(H3,17,18,20,21)/t12-/m0/s1. The zero-order valence-electron chi connectivity index (χ0n) is 12.5. The van der Waals surface area contributed by atoms with Gasteiger partial charge in [-0.3, -0.25) is 10.1 Å². The maximum Gasteiger partial charge on any atom is 0.344 e. The first-order valence-electron chi connectivity index (χ1n) is 6.58. The van der Waals surface area contributed by atoms with E-state index < -0.39 is 30.6 Å². The lowest BCUT2D eigenvalue weighted by atomic mass is 10.1. The van der Waals surface area contributed by atoms with Crippen LogP contribution >= 0.6 is 27.5 Å². The van der Waals surface area contributed by atoms with E-state index in [1.807, 2.05) is 5.32 Å². The van der Waals surface area contributed by atoms with Gasteiger partial charge in [-0.05, 0) is 24.1 Å². The number of nitrogens with one attached hydrogen (secondary N) is 1. The third-order valence-electron chi connectivity index (χ3n) is 2.61. The van der Waals surface area contributed by atoms with Gasteiger partial charge in [-0.2, -0.15) is 0 Å². The zero-order valence-corrected chi connectivity index (χ0v) is 14.8. The van der Waals surface area contributed by atoms with E-state index in [-0.39, 0.29) is 5.92 Å². The summed E-state index contributed by atoms with van der Waals surface area (Å²) >= 11 is 9.20. The van der Waals surface area contributed by atoms with Gasteiger partial charge in [0.15, 0.2) is 12.7 Å². The first-order valence-corrected chi connectivity index (χ1v) is 7.75. The maximum absolute atomic E-state index is 11.8. The highest BCUT2D eigenvalue weighted by Crippen LogP contribution is 2.27. The van der Waals surface area contributed by atoms with Crippen LogP contribution in [-0.4, -0.2) is 30.6 Å². The van der Waals surface area contributed by atoms with E-state index in [0.29, 0.717) is 10.8 Å². The number of urea groups is 1. The summed E-state index contributed by atoms with van der Waals surface area (Å²) in [4.78, 5) is 34.2. The Morgan fingerprint density at radius 2 is 2.00 bits per heavy atom. The molecule has 0 aliphatic rings. The molecule has 0 aliphatic heterocycles. The predicted octanol–water partition coefficient (Wildman–Crippen LogP) is 2.24. The van der Waals surface area contributed by atoms with Gasteiger partial charge in [0.05, 0.1) is 5.02 Å². The van der Waals surface area contributed by atoms with Crippen molar-refractivity contribution in [3.05, 3.63) is 27.7 Å². The van der Waals surface area contributed by atoms with Crippen molar-refractivity contribution in [1.82, 2.24) is 5.32 Å². The molecule has 0 heterocycles. The molecule has 23 heavy (non-hydrogen) atoms. The van der Waals surface area contributed by atoms with Crippen molar-refractivity contribution in [2.45, 2.75) is 20.0 Å². The number of halogens is 2. The summed E-state index contributed by atoms with van der Waals surface area (Å²) in [6.07, 6.45) is -1.15. The second-order valence-corrected chi connectivity index (χ2v) is 6.19. The minimum Gasteiger partial charge on any atom is -0.480 e. The number of hydrogen-bond acceptors (Lipinski definition) is 5. The number of ether oxygens (including phenoxy) is 2. The molecule has 9 heteroatoms. The van der Waals surface area contributed by atoms with E-state index in [4.69, 9.17) is 26.8 Å². The average molecular weight is 408 g/mol. The van der Waals surface area contributed by atoms with E-state index in [0.717, 1.165) is 4.47 Å². The third kappa shape index (κ3) is 6.45. The van der Waals surface area contributed by atoms with Gasteiger partial charge in [0.25, 0.3) is 5.91 Å². The number of amides is 3. The van der Waals surface area contributed by atoms with Crippen molar-refractivity contribution >= 4 is 45.4 Å². The SMILES string of the molecule is CC(C)[C@H](OC(=O)COc1ccc(Br)cc1Cl)C(=O)NC(N)=O. The second-order valence-electron chi connectivity index (χ2n) is 4.87. The molecule has 1 aromatic rings. The van der Waals surface area contributed by atoms with Crippen LogP contribution in [0.3, 0.4) is 0 Å². The van der Waals surface area contributed by atoms with E-state index in [1.165, 1.54) is 0 Å². The van der Waals surface area contributed by atoms with Crippen molar-refractivity contribution in [1.29, 1.82) is 0 Å². The largest absolute Gasteiger partial charge is 0.480 e. The van der Waals surface area contributed by atoms with Gasteiger partial charge in [0.1, 0.15) is 5.75 Å². The Morgan fingerprint density at radius 3 is 2.52 bits per heavy atom. The van der Waals surface area contributed by atoms with Crippen molar-refractivity contribution in [2.24, 2.45) is 11.7 Å². The van der Waals surface area contributed by atoms with Crippen LogP contribution in [-0.2, 0) is 14.3 Å². The molecular formula is C14H16BrClN2O5. The van der Waals surface area contributed by atoms with Crippen LogP contribution < -0.4 is 15.8 Å². The Morgan fingerprint density at radius 1 is 1.35 bits per heavy atom. The van der Waals surface area contributed by atoms with E-state index in [1.54, 1.807) is 32.0 Å². The number of nitrogens with two attached hydrogens (primary N) is 1. The quantitative estimate of drug-likeness (QED) is 0.703. The Bertz CT molecular complexity index is 609. The van der Waals surface area contributed by atoms with Gasteiger partial charge in [-0.1, -0.05) is 41.4 Å². The first kappa shape index (κ1) is 19.2. The van der Waals surface area contributed by atoms with Gasteiger partial charge < -0.3 is 15.2 Å². The Kier molecular flexibility index (Phi) is 7.31. The fourth-order valence-electron chi connectivity index (χ4n) is 1.59. The van der Waals surface area contributed by atoms with Gasteiger partial charge >= 0.3 is 12.0 Å². The molecule has 0 aromatic heterocycles. The van der Waals surface area contributed by atoms with Crippen LogP contribution in [0.4, 0.5) is 4.79 Å². The van der Waals surface area contributed by atoms with Crippen molar-refractivity contribution in [3.63, 3.8) is 0 Å². The minimum absolute atomic E-state index is 0.300. The molecule has 3 amide bonds. The normalized spacial score (nSPS) is 11.7. The smallest absolute Gasteiger partial charge is 0.344 e. The van der Waals surface area contributed by atoms with E-state index in [9.17, 15) is 14.4 Å². The van der Waals surface area contributed by atoms with Crippen molar-refractivity contribution in [2.75, 3.05) is 6.61 Å². The van der Waals surface area contributed by atoms with Crippen molar-refractivity contribution in [3.8, 4) is 5.75 Å². The molecule has 1 aromatic carbocycles. The number of carbonyl (C=O) groups is 3. The van der Waals surface area contributed by atoms with E-state index in [2.05, 4.69) is 15.9 Å². The van der Waals surface area contributed by atoms with Gasteiger partial charge in [-0.15, -0.1) is 0 Å². The Labute approximate surface area is 146 Å². The third-order valence-corrected chi connectivity index (χ3v) is 3.40. The van der Waals surface area contributed by atoms with Gasteiger partial charge in [0.2, 0.25) is 0 Å². The van der Waals surface area contributed by atoms with Crippen LogP contribution in [0.5, 0.6) is 5.75 Å². The first-order chi connectivity index (χ1) is 10.7. The lowest BCUT2D eigenvalue weighted by Gasteiger charge is -2.20. The molecule has 0 spiro atoms. The fraction of sp³-hybridized carbons (Fsp3) is 0.357. The highest BCUT2D eigenvalue weighted by Gasteiger charge is 2.27. The maximum atomic E-state index is 11.8. The summed E-state index contributed by atoms with van der Waals surface area (Å²) in [5, 5.41) is 2.19. The summed E-state index contributed by atoms with van der Waals surface area (Å²) in [6, 6.07) is 3.87. The van der Waals surface area contributed by atoms with Crippen molar-refractivity contribution < 1.29 is 23.9 Å². The number of benzene rings is 1. The highest BCUT2D eigenvalue weighted by atomic mass is 79.9. The van der Waals surface area contributed by atoms with Gasteiger partial charge in [0, 0.05) is 4.47 Å². The molecule has 0 saturated carbocycles. The topological polar surface area (TPSA) is 108 Å². The summed E-state index contributed by atoms with van der Waals surface area (Å²) in [5.41, 5.74) is 4.87. The number of primary amides is 1.